The standard InChI is InChI=1S/C14H23O2P2/c1-11(2)9-5-8-12(11,3)14-7-4-6-13(14,16-14)10(9)18(15)17/h9-10H,4-8,17H2,1-3H3/q+1/t9?,10-,12?,13-,14+/m1/s1. The molecule has 7 atom stereocenters. The number of ether oxygens (including phenoxy) is 1. The molecular formula is C14H23O2P2+. The number of rotatable bonds is 1. The van der Waals surface area contributed by atoms with Crippen LogP contribution < -0.4 is 0 Å². The molecule has 1 saturated heterocycles. The summed E-state index contributed by atoms with van der Waals surface area (Å²) in [6.07, 6.45) is 6.12. The zero-order valence-electron chi connectivity index (χ0n) is 11.5. The van der Waals surface area contributed by atoms with Crippen LogP contribution in [0, 0.1) is 16.7 Å². The molecule has 0 aromatic rings. The van der Waals surface area contributed by atoms with Crippen LogP contribution in [-0.2, 0) is 9.30 Å². The molecule has 0 amide bonds. The van der Waals surface area contributed by atoms with Gasteiger partial charge in [-0.15, -0.1) is 0 Å². The molecule has 18 heavy (non-hydrogen) atoms. The highest BCUT2D eigenvalue weighted by molar-refractivity contribution is 8.07. The first-order valence-electron chi connectivity index (χ1n) is 7.24. The fourth-order valence-electron chi connectivity index (χ4n) is 6.22. The second-order valence-electron chi connectivity index (χ2n) is 7.68. The lowest BCUT2D eigenvalue weighted by atomic mass is 9.52. The first kappa shape index (κ1) is 12.2. The second-order valence-corrected chi connectivity index (χ2v) is 10.5. The zero-order chi connectivity index (χ0) is 13.0. The van der Waals surface area contributed by atoms with Crippen molar-refractivity contribution in [1.29, 1.82) is 0 Å². The Hall–Kier alpha value is 0.490. The van der Waals surface area contributed by atoms with Gasteiger partial charge in [0.15, 0.2) is 5.66 Å². The quantitative estimate of drug-likeness (QED) is 0.536. The van der Waals surface area contributed by atoms with Crippen LogP contribution in [0.15, 0.2) is 0 Å². The Balaban J connectivity index is 1.94. The van der Waals surface area contributed by atoms with Gasteiger partial charge in [0.25, 0.3) is 0 Å². The maximum absolute atomic E-state index is 12.4. The van der Waals surface area contributed by atoms with E-state index in [1.807, 2.05) is 0 Å². The van der Waals surface area contributed by atoms with Gasteiger partial charge in [-0.05, 0) is 37.5 Å². The third-order valence-electron chi connectivity index (χ3n) is 7.40. The van der Waals surface area contributed by atoms with E-state index < -0.39 is 7.49 Å². The first-order valence-corrected chi connectivity index (χ1v) is 10.2. The van der Waals surface area contributed by atoms with E-state index >= 15 is 0 Å². The van der Waals surface area contributed by atoms with Crippen LogP contribution in [0.1, 0.15) is 52.9 Å². The average Bonchev–Trinajstić information content (AvgIpc) is 2.72. The molecule has 100 valence electrons. The third kappa shape index (κ3) is 0.923. The molecule has 0 spiro atoms. The van der Waals surface area contributed by atoms with Gasteiger partial charge in [-0.25, -0.2) is 0 Å². The Morgan fingerprint density at radius 3 is 2.61 bits per heavy atom. The summed E-state index contributed by atoms with van der Waals surface area (Å²) < 4.78 is 18.8. The van der Waals surface area contributed by atoms with E-state index in [9.17, 15) is 4.57 Å². The summed E-state index contributed by atoms with van der Waals surface area (Å²) in [4.78, 5) is 0. The van der Waals surface area contributed by atoms with Gasteiger partial charge in [0, 0.05) is 11.3 Å². The van der Waals surface area contributed by atoms with Gasteiger partial charge in [-0.2, -0.15) is 0 Å². The Labute approximate surface area is 113 Å². The van der Waals surface area contributed by atoms with Crippen molar-refractivity contribution in [2.24, 2.45) is 16.7 Å². The van der Waals surface area contributed by atoms with Gasteiger partial charge >= 0.3 is 7.49 Å². The molecule has 1 aliphatic heterocycles. The Kier molecular flexibility index (Phi) is 2.08. The minimum Gasteiger partial charge on any atom is -0.357 e. The SMILES string of the molecule is CC1(C)C2CCC1(C)[C@@]13CCC[C@@]1(O3)[C@@H]2[P+](=O)P. The van der Waals surface area contributed by atoms with Gasteiger partial charge in [-0.1, -0.05) is 25.3 Å². The summed E-state index contributed by atoms with van der Waals surface area (Å²) in [7, 11) is 1.38. The molecule has 0 aromatic carbocycles. The average molecular weight is 285 g/mol. The molecule has 1 heterocycles. The normalized spacial score (nSPS) is 60.1. The molecular weight excluding hydrogens is 262 g/mol. The lowest BCUT2D eigenvalue weighted by Crippen LogP contribution is -2.57. The molecule has 4 aliphatic rings. The van der Waals surface area contributed by atoms with Crippen molar-refractivity contribution in [2.45, 2.75) is 69.7 Å². The van der Waals surface area contributed by atoms with Gasteiger partial charge < -0.3 is 4.74 Å². The van der Waals surface area contributed by atoms with Crippen molar-refractivity contribution in [1.82, 2.24) is 0 Å². The van der Waals surface area contributed by atoms with E-state index in [2.05, 4.69) is 29.7 Å². The topological polar surface area (TPSA) is 29.6 Å². The summed E-state index contributed by atoms with van der Waals surface area (Å²) in [5.74, 6) is 0.581. The van der Waals surface area contributed by atoms with Crippen LogP contribution >= 0.6 is 16.4 Å². The highest BCUT2D eigenvalue weighted by Crippen LogP contribution is 2.85. The van der Waals surface area contributed by atoms with Crippen LogP contribution in [0.5, 0.6) is 0 Å². The van der Waals surface area contributed by atoms with E-state index in [1.54, 1.807) is 0 Å². The number of epoxide rings is 1. The summed E-state index contributed by atoms with van der Waals surface area (Å²) >= 11 is 0. The molecule has 3 saturated carbocycles. The minimum absolute atomic E-state index is 0.00631. The van der Waals surface area contributed by atoms with E-state index in [1.165, 1.54) is 25.7 Å². The van der Waals surface area contributed by atoms with Crippen molar-refractivity contribution in [3.05, 3.63) is 0 Å². The van der Waals surface area contributed by atoms with Gasteiger partial charge in [-0.3, -0.25) is 0 Å². The maximum Gasteiger partial charge on any atom is 0.355 e. The van der Waals surface area contributed by atoms with Crippen LogP contribution in [-0.4, -0.2) is 16.9 Å². The van der Waals surface area contributed by atoms with Crippen molar-refractivity contribution in [2.75, 3.05) is 0 Å². The van der Waals surface area contributed by atoms with E-state index in [-0.39, 0.29) is 22.3 Å². The number of hydrogen-bond donors (Lipinski definition) is 0. The maximum atomic E-state index is 12.4. The number of hydrogen-bond acceptors (Lipinski definition) is 2. The predicted molar refractivity (Wildman–Crippen MR) is 76.1 cm³/mol. The lowest BCUT2D eigenvalue weighted by molar-refractivity contribution is -0.00743. The Morgan fingerprint density at radius 1 is 1.22 bits per heavy atom. The molecule has 0 aromatic heterocycles. The van der Waals surface area contributed by atoms with Crippen molar-refractivity contribution >= 4 is 16.4 Å². The highest BCUT2D eigenvalue weighted by Gasteiger charge is 2.92. The Bertz CT molecular complexity index is 463. The molecule has 3 aliphatic carbocycles. The van der Waals surface area contributed by atoms with Crippen LogP contribution in [0.3, 0.4) is 0 Å². The van der Waals surface area contributed by atoms with Gasteiger partial charge in [0.2, 0.25) is 0 Å². The highest BCUT2D eigenvalue weighted by atomic mass is 32.0. The summed E-state index contributed by atoms with van der Waals surface area (Å²) in [5.41, 5.74) is 0.915. The molecule has 2 bridgehead atoms. The third-order valence-corrected chi connectivity index (χ3v) is 9.69. The Morgan fingerprint density at radius 2 is 1.94 bits per heavy atom. The van der Waals surface area contributed by atoms with Crippen molar-refractivity contribution in [3.63, 3.8) is 0 Å². The fourth-order valence-corrected chi connectivity index (χ4v) is 9.25. The van der Waals surface area contributed by atoms with Crippen LogP contribution in [0.25, 0.3) is 0 Å². The molecule has 4 heteroatoms. The number of fused-ring (bicyclic) bond motifs is 2. The van der Waals surface area contributed by atoms with Crippen molar-refractivity contribution < 1.29 is 9.30 Å². The summed E-state index contributed by atoms with van der Waals surface area (Å²) in [5, 5.41) is 0. The van der Waals surface area contributed by atoms with Gasteiger partial charge in [0.1, 0.15) is 20.1 Å². The van der Waals surface area contributed by atoms with Gasteiger partial charge in [0.05, 0.1) is 0 Å². The fraction of sp³-hybridized carbons (Fsp3) is 1.00. The van der Waals surface area contributed by atoms with Crippen LogP contribution in [0.2, 0.25) is 0 Å². The lowest BCUT2D eigenvalue weighted by Gasteiger charge is -2.50. The smallest absolute Gasteiger partial charge is 0.355 e. The molecule has 0 N–H and O–H groups in total. The second kappa shape index (κ2) is 3.05. The largest absolute Gasteiger partial charge is 0.357 e. The molecule has 2 nitrogen and oxygen atoms in total. The molecule has 4 unspecified atom stereocenters. The molecule has 0 radical (unpaired) electrons. The summed E-state index contributed by atoms with van der Waals surface area (Å²) in [6, 6.07) is 0. The van der Waals surface area contributed by atoms with Crippen molar-refractivity contribution in [3.8, 4) is 0 Å². The minimum atomic E-state index is -1.22. The monoisotopic (exact) mass is 285 g/mol. The van der Waals surface area contributed by atoms with Crippen LogP contribution in [0.4, 0.5) is 0 Å². The summed E-state index contributed by atoms with van der Waals surface area (Å²) in [6.45, 7) is 7.26. The zero-order valence-corrected chi connectivity index (χ0v) is 13.6. The van der Waals surface area contributed by atoms with E-state index in [0.29, 0.717) is 11.3 Å². The predicted octanol–water partition coefficient (Wildman–Crippen LogP) is 4.12. The van der Waals surface area contributed by atoms with E-state index in [0.717, 1.165) is 6.42 Å². The first-order chi connectivity index (χ1) is 8.32. The molecule has 4 rings (SSSR count). The molecule has 4 fully saturated rings. The van der Waals surface area contributed by atoms with E-state index in [4.69, 9.17) is 4.74 Å².